The van der Waals surface area contributed by atoms with E-state index in [0.717, 1.165) is 72.7 Å². The Morgan fingerprint density at radius 3 is 2.74 bits per heavy atom. The smallest absolute Gasteiger partial charge is 0.344 e. The van der Waals surface area contributed by atoms with E-state index >= 15 is 0 Å². The van der Waals surface area contributed by atoms with E-state index in [-0.39, 0.29) is 11.6 Å². The molecule has 0 atom stereocenters. The zero-order valence-electron chi connectivity index (χ0n) is 22.5. The largest absolute Gasteiger partial charge is 0.431 e. The summed E-state index contributed by atoms with van der Waals surface area (Å²) in [6.07, 6.45) is 5.95. The highest BCUT2D eigenvalue weighted by atomic mass is 32.1. The van der Waals surface area contributed by atoms with Crippen molar-refractivity contribution < 1.29 is 9.53 Å². The zero-order chi connectivity index (χ0) is 27.0. The summed E-state index contributed by atoms with van der Waals surface area (Å²) in [7, 11) is 0. The maximum absolute atomic E-state index is 13.1. The molecule has 202 valence electrons. The second-order valence-corrected chi connectivity index (χ2v) is 11.7. The molecule has 0 saturated carbocycles. The van der Waals surface area contributed by atoms with Gasteiger partial charge in [-0.25, -0.2) is 9.78 Å². The highest BCUT2D eigenvalue weighted by Gasteiger charge is 2.44. The fraction of sp³-hybridized carbons (Fsp3) is 0.367. The van der Waals surface area contributed by atoms with Gasteiger partial charge in [0.05, 0.1) is 10.2 Å². The first-order valence-electron chi connectivity index (χ1n) is 13.5. The van der Waals surface area contributed by atoms with E-state index in [0.29, 0.717) is 11.0 Å². The summed E-state index contributed by atoms with van der Waals surface area (Å²) in [6.45, 7) is 11.1. The van der Waals surface area contributed by atoms with Crippen LogP contribution in [0.5, 0.6) is 10.9 Å². The van der Waals surface area contributed by atoms with Gasteiger partial charge in [0.1, 0.15) is 5.75 Å². The maximum atomic E-state index is 13.1. The molecule has 2 saturated heterocycles. The quantitative estimate of drug-likeness (QED) is 0.294. The van der Waals surface area contributed by atoms with Crippen LogP contribution in [-0.4, -0.2) is 55.8 Å². The Bertz CT molecular complexity index is 1480. The fourth-order valence-corrected chi connectivity index (χ4v) is 6.69. The minimum Gasteiger partial charge on any atom is -0.431 e. The molecule has 9 heteroatoms. The number of nitrogens with zero attached hydrogens (tertiary/aromatic N) is 5. The van der Waals surface area contributed by atoms with Crippen LogP contribution in [0.3, 0.4) is 0 Å². The molecule has 6 rings (SSSR count). The van der Waals surface area contributed by atoms with Crippen molar-refractivity contribution in [2.45, 2.75) is 51.6 Å². The number of hydrogen-bond acceptors (Lipinski definition) is 7. The average molecular weight is 543 g/mol. The van der Waals surface area contributed by atoms with Crippen molar-refractivity contribution in [2.24, 2.45) is 0 Å². The van der Waals surface area contributed by atoms with Crippen LogP contribution in [0.2, 0.25) is 0 Å². The summed E-state index contributed by atoms with van der Waals surface area (Å²) in [4.78, 5) is 22.4. The van der Waals surface area contributed by atoms with Gasteiger partial charge >= 0.3 is 6.03 Å². The highest BCUT2D eigenvalue weighted by Crippen LogP contribution is 2.41. The van der Waals surface area contributed by atoms with Crippen molar-refractivity contribution in [3.05, 3.63) is 78.1 Å². The Morgan fingerprint density at radius 2 is 1.95 bits per heavy atom. The molecule has 2 aromatic heterocycles. The minimum absolute atomic E-state index is 0.0748. The number of fused-ring (bicyclic) bond motifs is 1. The van der Waals surface area contributed by atoms with E-state index in [4.69, 9.17) is 4.74 Å². The molecule has 0 bridgehead atoms. The molecule has 2 fully saturated rings. The molecule has 4 heterocycles. The summed E-state index contributed by atoms with van der Waals surface area (Å²) >= 11 is 1.58. The van der Waals surface area contributed by atoms with Gasteiger partial charge in [-0.15, -0.1) is 5.10 Å². The number of aryl methyl sites for hydroxylation is 1. The monoisotopic (exact) mass is 542 g/mol. The topological polar surface area (TPSA) is 75.5 Å². The molecule has 2 aliphatic heterocycles. The van der Waals surface area contributed by atoms with Crippen molar-refractivity contribution in [3.8, 4) is 10.9 Å². The van der Waals surface area contributed by atoms with Crippen molar-refractivity contribution in [1.29, 1.82) is 0 Å². The van der Waals surface area contributed by atoms with Crippen LogP contribution < -0.4 is 10.1 Å². The van der Waals surface area contributed by atoms with E-state index in [2.05, 4.69) is 58.1 Å². The Balaban J connectivity index is 1.15. The standard InChI is InChI=1S/C30H34N6O2S/c1-21(2)31-27-11-16-36(33-27)29(37)34-17-13-30(14-18-34)12-6-15-35(30)20-23-10-9-22(3)19-25(23)38-28-32-24-7-4-5-8-26(24)39-28/h4-5,7-11,16,19H,1,6,12-15,17-18,20H2,2-3H3,(H,31,33). The lowest BCUT2D eigenvalue weighted by atomic mass is 9.84. The molecular formula is C30H34N6O2S. The van der Waals surface area contributed by atoms with Crippen LogP contribution in [0.4, 0.5) is 10.6 Å². The van der Waals surface area contributed by atoms with E-state index in [1.165, 1.54) is 16.7 Å². The molecular weight excluding hydrogens is 508 g/mol. The van der Waals surface area contributed by atoms with E-state index in [1.807, 2.05) is 30.0 Å². The predicted octanol–water partition coefficient (Wildman–Crippen LogP) is 6.64. The highest BCUT2D eigenvalue weighted by molar-refractivity contribution is 7.20. The van der Waals surface area contributed by atoms with Crippen molar-refractivity contribution in [3.63, 3.8) is 0 Å². The molecule has 0 unspecified atom stereocenters. The van der Waals surface area contributed by atoms with Gasteiger partial charge in [-0.05, 0) is 69.8 Å². The third-order valence-corrected chi connectivity index (χ3v) is 8.80. The lowest BCUT2D eigenvalue weighted by molar-refractivity contribution is 0.0581. The molecule has 2 aromatic carbocycles. The fourth-order valence-electron chi connectivity index (χ4n) is 5.86. The third-order valence-electron chi connectivity index (χ3n) is 7.89. The number of rotatable bonds is 6. The second-order valence-electron chi connectivity index (χ2n) is 10.7. The Labute approximate surface area is 232 Å². The molecule has 0 aliphatic carbocycles. The van der Waals surface area contributed by atoms with Crippen LogP contribution in [0.1, 0.15) is 43.7 Å². The molecule has 0 radical (unpaired) electrons. The molecule has 2 aliphatic rings. The number of para-hydroxylation sites is 1. The van der Waals surface area contributed by atoms with E-state index in [9.17, 15) is 4.79 Å². The van der Waals surface area contributed by atoms with Crippen molar-refractivity contribution >= 4 is 33.4 Å². The number of benzene rings is 2. The van der Waals surface area contributed by atoms with Crippen LogP contribution in [0.15, 0.2) is 67.0 Å². The molecule has 1 spiro atoms. The van der Waals surface area contributed by atoms with Crippen LogP contribution in [0.25, 0.3) is 10.2 Å². The predicted molar refractivity (Wildman–Crippen MR) is 156 cm³/mol. The van der Waals surface area contributed by atoms with Gasteiger partial charge in [-0.3, -0.25) is 4.90 Å². The first kappa shape index (κ1) is 25.6. The lowest BCUT2D eigenvalue weighted by Crippen LogP contribution is -2.53. The summed E-state index contributed by atoms with van der Waals surface area (Å²) in [5.74, 6) is 1.51. The third kappa shape index (κ3) is 5.29. The molecule has 4 aromatic rings. The number of anilines is 1. The van der Waals surface area contributed by atoms with Gasteiger partial charge in [0.2, 0.25) is 0 Å². The van der Waals surface area contributed by atoms with Gasteiger partial charge in [0.15, 0.2) is 5.82 Å². The summed E-state index contributed by atoms with van der Waals surface area (Å²) in [5, 5.41) is 8.11. The number of likely N-dealkylation sites (tertiary alicyclic amines) is 2. The lowest BCUT2D eigenvalue weighted by Gasteiger charge is -2.45. The minimum atomic E-state index is -0.0748. The number of thiazole rings is 1. The first-order valence-corrected chi connectivity index (χ1v) is 14.4. The molecule has 8 nitrogen and oxygen atoms in total. The first-order chi connectivity index (χ1) is 18.9. The number of allylic oxidation sites excluding steroid dienone is 1. The van der Waals surface area contributed by atoms with E-state index in [1.54, 1.807) is 23.6 Å². The number of nitrogens with one attached hydrogen (secondary N) is 1. The number of amides is 1. The van der Waals surface area contributed by atoms with Crippen LogP contribution >= 0.6 is 11.3 Å². The Hall–Kier alpha value is -3.69. The van der Waals surface area contributed by atoms with Crippen LogP contribution in [0, 0.1) is 6.92 Å². The van der Waals surface area contributed by atoms with Gasteiger partial charge in [0.25, 0.3) is 5.19 Å². The summed E-state index contributed by atoms with van der Waals surface area (Å²) < 4.78 is 8.94. The Morgan fingerprint density at radius 1 is 1.13 bits per heavy atom. The van der Waals surface area contributed by atoms with Crippen molar-refractivity contribution in [1.82, 2.24) is 24.6 Å². The number of piperidine rings is 1. The molecule has 1 amide bonds. The van der Waals surface area contributed by atoms with Gasteiger partial charge in [0, 0.05) is 48.7 Å². The van der Waals surface area contributed by atoms with Gasteiger partial charge < -0.3 is 15.0 Å². The normalized spacial score (nSPS) is 17.1. The average Bonchev–Trinajstić information content (AvgIpc) is 3.64. The van der Waals surface area contributed by atoms with Gasteiger partial charge in [-0.1, -0.05) is 42.2 Å². The van der Waals surface area contributed by atoms with Crippen molar-refractivity contribution in [2.75, 3.05) is 25.0 Å². The second kappa shape index (κ2) is 10.5. The number of aromatic nitrogens is 3. The maximum Gasteiger partial charge on any atom is 0.344 e. The number of carbonyl (C=O) groups is 1. The Kier molecular flexibility index (Phi) is 6.86. The number of hydrogen-bond donors (Lipinski definition) is 1. The molecule has 1 N–H and O–H groups in total. The zero-order valence-corrected chi connectivity index (χ0v) is 23.3. The summed E-state index contributed by atoms with van der Waals surface area (Å²) in [5.41, 5.74) is 4.19. The SMILES string of the molecule is C=C(C)Nc1ccn(C(=O)N2CCC3(CCCN3Cc3ccc(C)cc3Oc3nc4ccccc4s3)CC2)n1. The van der Waals surface area contributed by atoms with E-state index < -0.39 is 0 Å². The van der Waals surface area contributed by atoms with Crippen LogP contribution in [-0.2, 0) is 6.54 Å². The summed E-state index contributed by atoms with van der Waals surface area (Å²) in [6, 6.07) is 16.3. The number of ether oxygens (including phenoxy) is 1. The number of carbonyl (C=O) groups excluding carboxylic acids is 1. The van der Waals surface area contributed by atoms with Gasteiger partial charge in [-0.2, -0.15) is 4.68 Å². The molecule has 39 heavy (non-hydrogen) atoms.